The molecule has 1 fully saturated rings. The molecule has 122 valence electrons. The van der Waals surface area contributed by atoms with Gasteiger partial charge in [0, 0.05) is 19.4 Å². The highest BCUT2D eigenvalue weighted by molar-refractivity contribution is 5.97. The number of benzene rings is 1. The molecule has 0 spiro atoms. The quantitative estimate of drug-likeness (QED) is 0.713. The monoisotopic (exact) mass is 307 g/mol. The Bertz CT molecular complexity index is 484. The van der Waals surface area contributed by atoms with E-state index in [2.05, 4.69) is 5.32 Å². The van der Waals surface area contributed by atoms with E-state index in [1.54, 1.807) is 7.11 Å². The second-order valence-corrected chi connectivity index (χ2v) is 5.61. The molecule has 2 rings (SSSR count). The van der Waals surface area contributed by atoms with Crippen LogP contribution in [0.15, 0.2) is 24.3 Å². The highest BCUT2D eigenvalue weighted by Crippen LogP contribution is 2.42. The van der Waals surface area contributed by atoms with Crippen LogP contribution in [0.5, 0.6) is 5.75 Å². The Labute approximate surface area is 131 Å². The molecule has 1 aliphatic carbocycles. The number of ether oxygens (including phenoxy) is 3. The summed E-state index contributed by atoms with van der Waals surface area (Å²) in [4.78, 5) is 12.4. The van der Waals surface area contributed by atoms with Crippen molar-refractivity contribution in [3.63, 3.8) is 0 Å². The molecule has 5 heteroatoms. The molecular weight excluding hydrogens is 282 g/mol. The second kappa shape index (κ2) is 7.61. The van der Waals surface area contributed by atoms with Gasteiger partial charge in [0.15, 0.2) is 0 Å². The van der Waals surface area contributed by atoms with E-state index < -0.39 is 5.60 Å². The van der Waals surface area contributed by atoms with E-state index in [1.165, 1.54) is 0 Å². The number of nitrogens with one attached hydrogen (secondary N) is 1. The summed E-state index contributed by atoms with van der Waals surface area (Å²) in [6.07, 6.45) is 2.09. The molecular formula is C17H25NO4. The Morgan fingerprint density at radius 3 is 2.50 bits per heavy atom. The van der Waals surface area contributed by atoms with Crippen LogP contribution in [0, 0.1) is 5.92 Å². The molecule has 1 aromatic carbocycles. The summed E-state index contributed by atoms with van der Waals surface area (Å²) >= 11 is 0. The molecule has 1 saturated carbocycles. The van der Waals surface area contributed by atoms with Crippen molar-refractivity contribution < 1.29 is 19.0 Å². The Hall–Kier alpha value is -1.59. The predicted octanol–water partition coefficient (Wildman–Crippen LogP) is 2.86. The molecule has 1 unspecified atom stereocenters. The van der Waals surface area contributed by atoms with Crippen LogP contribution in [0.1, 0.15) is 26.7 Å². The highest BCUT2D eigenvalue weighted by Gasteiger charge is 2.47. The molecule has 0 aromatic heterocycles. The van der Waals surface area contributed by atoms with Crippen molar-refractivity contribution in [1.82, 2.24) is 0 Å². The van der Waals surface area contributed by atoms with Gasteiger partial charge in [0.05, 0.1) is 6.61 Å². The Balaban J connectivity index is 1.86. The molecule has 0 saturated heterocycles. The summed E-state index contributed by atoms with van der Waals surface area (Å²) < 4.78 is 16.2. The Morgan fingerprint density at radius 2 is 1.95 bits per heavy atom. The zero-order chi connectivity index (χ0) is 16.0. The van der Waals surface area contributed by atoms with Gasteiger partial charge in [0.2, 0.25) is 0 Å². The summed E-state index contributed by atoms with van der Waals surface area (Å²) in [5.41, 5.74) is -0.00165. The number of anilines is 1. The number of carbonyl (C=O) groups excluding carboxylic acids is 1. The summed E-state index contributed by atoms with van der Waals surface area (Å²) in [6.45, 7) is 5.58. The largest absolute Gasteiger partial charge is 0.491 e. The number of hydrogen-bond donors (Lipinski definition) is 1. The normalized spacial score (nSPS) is 16.9. The van der Waals surface area contributed by atoms with E-state index in [9.17, 15) is 4.79 Å². The van der Waals surface area contributed by atoms with Gasteiger partial charge in [-0.25, -0.2) is 0 Å². The third-order valence-electron chi connectivity index (χ3n) is 4.04. The molecule has 1 N–H and O–H groups in total. The Kier molecular flexibility index (Phi) is 5.80. The summed E-state index contributed by atoms with van der Waals surface area (Å²) in [5, 5.41) is 2.91. The minimum Gasteiger partial charge on any atom is -0.491 e. The van der Waals surface area contributed by atoms with Gasteiger partial charge in [-0.3, -0.25) is 4.79 Å². The summed E-state index contributed by atoms with van der Waals surface area (Å²) in [6, 6.07) is 7.33. The van der Waals surface area contributed by atoms with E-state index in [4.69, 9.17) is 14.2 Å². The lowest BCUT2D eigenvalue weighted by atomic mass is 9.99. The van der Waals surface area contributed by atoms with E-state index in [0.717, 1.165) is 24.3 Å². The van der Waals surface area contributed by atoms with Gasteiger partial charge in [-0.15, -0.1) is 0 Å². The van der Waals surface area contributed by atoms with Crippen LogP contribution in [0.3, 0.4) is 0 Å². The average Bonchev–Trinajstić information content (AvgIpc) is 3.37. The van der Waals surface area contributed by atoms with E-state index >= 15 is 0 Å². The van der Waals surface area contributed by atoms with Crippen molar-refractivity contribution >= 4 is 11.6 Å². The average molecular weight is 307 g/mol. The molecule has 1 aliphatic rings. The smallest absolute Gasteiger partial charge is 0.256 e. The first-order valence-corrected chi connectivity index (χ1v) is 7.77. The number of rotatable bonds is 9. The third-order valence-corrected chi connectivity index (χ3v) is 4.04. The van der Waals surface area contributed by atoms with Gasteiger partial charge < -0.3 is 19.5 Å². The highest BCUT2D eigenvalue weighted by atomic mass is 16.5. The number of amides is 1. The van der Waals surface area contributed by atoms with Crippen LogP contribution in [0.2, 0.25) is 0 Å². The SMILES string of the molecule is CCOCCOc1ccc(NC(=O)C(C)(OC)C2CC2)cc1. The van der Waals surface area contributed by atoms with Gasteiger partial charge in [-0.1, -0.05) is 0 Å². The third kappa shape index (κ3) is 4.21. The first-order valence-electron chi connectivity index (χ1n) is 7.77. The van der Waals surface area contributed by atoms with Crippen molar-refractivity contribution in [1.29, 1.82) is 0 Å². The fraction of sp³-hybridized carbons (Fsp3) is 0.588. The van der Waals surface area contributed by atoms with Crippen LogP contribution in [-0.2, 0) is 14.3 Å². The predicted molar refractivity (Wildman–Crippen MR) is 85.2 cm³/mol. The van der Waals surface area contributed by atoms with Crippen molar-refractivity contribution in [3.8, 4) is 5.75 Å². The maximum Gasteiger partial charge on any atom is 0.256 e. The molecule has 22 heavy (non-hydrogen) atoms. The zero-order valence-corrected chi connectivity index (χ0v) is 13.6. The minimum absolute atomic E-state index is 0.0949. The zero-order valence-electron chi connectivity index (χ0n) is 13.6. The fourth-order valence-electron chi connectivity index (χ4n) is 2.33. The molecule has 0 heterocycles. The van der Waals surface area contributed by atoms with Crippen molar-refractivity contribution in [2.24, 2.45) is 5.92 Å². The molecule has 0 radical (unpaired) electrons. The number of hydrogen-bond acceptors (Lipinski definition) is 4. The maximum atomic E-state index is 12.4. The second-order valence-electron chi connectivity index (χ2n) is 5.61. The topological polar surface area (TPSA) is 56.8 Å². The molecule has 0 bridgehead atoms. The van der Waals surface area contributed by atoms with Crippen LogP contribution in [0.4, 0.5) is 5.69 Å². The summed E-state index contributed by atoms with van der Waals surface area (Å²) in [7, 11) is 1.59. The lowest BCUT2D eigenvalue weighted by molar-refractivity contribution is -0.138. The molecule has 0 aliphatic heterocycles. The molecule has 5 nitrogen and oxygen atoms in total. The number of methoxy groups -OCH3 is 1. The van der Waals surface area contributed by atoms with Gasteiger partial charge >= 0.3 is 0 Å². The standard InChI is InChI=1S/C17H25NO4/c1-4-21-11-12-22-15-9-7-14(8-10-15)18-16(19)17(2,20-3)13-5-6-13/h7-10,13H,4-6,11-12H2,1-3H3,(H,18,19). The van der Waals surface area contributed by atoms with Crippen LogP contribution < -0.4 is 10.1 Å². The van der Waals surface area contributed by atoms with Crippen molar-refractivity contribution in [3.05, 3.63) is 24.3 Å². The first-order chi connectivity index (χ1) is 10.6. The van der Waals surface area contributed by atoms with Crippen molar-refractivity contribution in [2.75, 3.05) is 32.2 Å². The van der Waals surface area contributed by atoms with Gasteiger partial charge in [0.1, 0.15) is 18.0 Å². The first kappa shape index (κ1) is 16.8. The molecule has 1 amide bonds. The maximum absolute atomic E-state index is 12.4. The number of carbonyl (C=O) groups is 1. The van der Waals surface area contributed by atoms with Crippen LogP contribution in [-0.4, -0.2) is 38.4 Å². The van der Waals surface area contributed by atoms with Gasteiger partial charge in [-0.2, -0.15) is 0 Å². The van der Waals surface area contributed by atoms with Crippen LogP contribution in [0.25, 0.3) is 0 Å². The Morgan fingerprint density at radius 1 is 1.27 bits per heavy atom. The molecule has 1 atom stereocenters. The fourth-order valence-corrected chi connectivity index (χ4v) is 2.33. The minimum atomic E-state index is -0.743. The van der Waals surface area contributed by atoms with E-state index in [1.807, 2.05) is 38.1 Å². The molecule has 1 aromatic rings. The van der Waals surface area contributed by atoms with Crippen LogP contribution >= 0.6 is 0 Å². The van der Waals surface area contributed by atoms with E-state index in [-0.39, 0.29) is 5.91 Å². The van der Waals surface area contributed by atoms with E-state index in [0.29, 0.717) is 25.7 Å². The lowest BCUT2D eigenvalue weighted by Crippen LogP contribution is -2.43. The van der Waals surface area contributed by atoms with Gasteiger partial charge in [-0.05, 0) is 56.9 Å². The van der Waals surface area contributed by atoms with Gasteiger partial charge in [0.25, 0.3) is 5.91 Å². The van der Waals surface area contributed by atoms with Crippen molar-refractivity contribution in [2.45, 2.75) is 32.3 Å². The summed E-state index contributed by atoms with van der Waals surface area (Å²) in [5.74, 6) is 0.982. The lowest BCUT2D eigenvalue weighted by Gasteiger charge is -2.26.